The van der Waals surface area contributed by atoms with Crippen molar-refractivity contribution in [3.05, 3.63) is 0 Å². The van der Waals surface area contributed by atoms with E-state index in [-0.39, 0.29) is 11.4 Å². The van der Waals surface area contributed by atoms with E-state index in [0.29, 0.717) is 11.2 Å². The summed E-state index contributed by atoms with van der Waals surface area (Å²) in [4.78, 5) is 0. The van der Waals surface area contributed by atoms with Crippen LogP contribution < -0.4 is 0 Å². The molecule has 1 heterocycles. The molecule has 0 aromatic heterocycles. The number of rotatable bonds is 0. The lowest BCUT2D eigenvalue weighted by molar-refractivity contribution is -0.854. The smallest absolute Gasteiger partial charge is 0.388 e. The average Bonchev–Trinajstić information content (AvgIpc) is 1.97. The van der Waals surface area contributed by atoms with Crippen LogP contribution in [0.2, 0.25) is 0 Å². The van der Waals surface area contributed by atoms with Crippen LogP contribution in [0.4, 0.5) is 0 Å². The maximum absolute atomic E-state index is 10.9. The minimum absolute atomic E-state index is 0.0278. The normalized spacial score (nSPS) is 25.1. The minimum Gasteiger partial charge on any atom is -0.460 e. The van der Waals surface area contributed by atoms with Crippen molar-refractivity contribution in [1.82, 2.24) is 0 Å². The zero-order valence-corrected chi connectivity index (χ0v) is 5.72. The van der Waals surface area contributed by atoms with Gasteiger partial charge in [0.1, 0.15) is 0 Å². The van der Waals surface area contributed by atoms with Crippen molar-refractivity contribution in [3.63, 3.8) is 0 Å². The lowest BCUT2D eigenvalue weighted by Crippen LogP contribution is -2.29. The monoisotopic (exact) mass is 129 g/mol. The Morgan fingerprint density at radius 1 is 1.67 bits per heavy atom. The highest BCUT2D eigenvalue weighted by Gasteiger charge is 2.43. The average molecular weight is 129 g/mol. The Kier molecular flexibility index (Phi) is 1.15. The van der Waals surface area contributed by atoms with Crippen LogP contribution in [0, 0.1) is 0 Å². The van der Waals surface area contributed by atoms with Gasteiger partial charge in [-0.05, 0) is 0 Å². The molecule has 0 fully saturated rings. The van der Waals surface area contributed by atoms with E-state index >= 15 is 0 Å². The first kappa shape index (κ1) is 6.39. The lowest BCUT2D eigenvalue weighted by Gasteiger charge is -2.03. The van der Waals surface area contributed by atoms with Gasteiger partial charge in [0.2, 0.25) is 5.54 Å². The maximum Gasteiger partial charge on any atom is 0.388 e. The molecule has 0 aromatic carbocycles. The van der Waals surface area contributed by atoms with E-state index in [9.17, 15) is 5.21 Å². The van der Waals surface area contributed by atoms with Crippen molar-refractivity contribution >= 4 is 5.90 Å². The zero-order valence-electron chi connectivity index (χ0n) is 5.72. The van der Waals surface area contributed by atoms with E-state index in [1.807, 2.05) is 13.8 Å². The van der Waals surface area contributed by atoms with Crippen LogP contribution in [0.3, 0.4) is 0 Å². The van der Waals surface area contributed by atoms with Gasteiger partial charge in [0.15, 0.2) is 0 Å². The Labute approximate surface area is 54.2 Å². The maximum atomic E-state index is 10.9. The predicted molar refractivity (Wildman–Crippen MR) is 31.9 cm³/mol. The molecule has 0 spiro atoms. The van der Waals surface area contributed by atoms with E-state index in [1.54, 1.807) is 0 Å². The molecule has 1 radical (unpaired) electrons. The second-order valence-corrected chi connectivity index (χ2v) is 3.02. The number of hydroxylamine groups is 1. The summed E-state index contributed by atoms with van der Waals surface area (Å²) in [5.74, 6) is -0.0278. The van der Waals surface area contributed by atoms with Gasteiger partial charge in [-0.15, -0.1) is 0 Å². The highest BCUT2D eigenvalue weighted by molar-refractivity contribution is 5.69. The topological polar surface area (TPSA) is 43.1 Å². The van der Waals surface area contributed by atoms with Gasteiger partial charge in [-0.3, -0.25) is 0 Å². The Hall–Kier alpha value is -0.730. The summed E-state index contributed by atoms with van der Waals surface area (Å²) in [5, 5.41) is 19.7. The molecule has 0 aliphatic carbocycles. The van der Waals surface area contributed by atoms with Crippen molar-refractivity contribution in [2.45, 2.75) is 32.2 Å². The van der Waals surface area contributed by atoms with Crippen molar-refractivity contribution < 1.29 is 15.1 Å². The van der Waals surface area contributed by atoms with E-state index in [0.717, 1.165) is 6.42 Å². The van der Waals surface area contributed by atoms with Gasteiger partial charge in [-0.25, -0.2) is 0 Å². The summed E-state index contributed by atoms with van der Waals surface area (Å²) in [6, 6.07) is 0. The fourth-order valence-corrected chi connectivity index (χ4v) is 0.970. The summed E-state index contributed by atoms with van der Waals surface area (Å²) >= 11 is 0. The van der Waals surface area contributed by atoms with E-state index in [2.05, 4.69) is 0 Å². The largest absolute Gasteiger partial charge is 0.460 e. The van der Waals surface area contributed by atoms with Crippen molar-refractivity contribution in [2.75, 3.05) is 0 Å². The number of nitrogens with zero attached hydrogens (tertiary/aromatic N) is 1. The van der Waals surface area contributed by atoms with E-state index < -0.39 is 0 Å². The van der Waals surface area contributed by atoms with Crippen LogP contribution in [0.1, 0.15) is 26.7 Å². The van der Waals surface area contributed by atoms with Gasteiger partial charge >= 0.3 is 5.90 Å². The third-order valence-corrected chi connectivity index (χ3v) is 1.74. The molecule has 1 aliphatic heterocycles. The molecular weight excluding hydrogens is 118 g/mol. The molecule has 1 aliphatic rings. The molecular formula is C6H11NO2+. The van der Waals surface area contributed by atoms with Crippen LogP contribution >= 0.6 is 0 Å². The van der Waals surface area contributed by atoms with Gasteiger partial charge < -0.3 is 5.11 Å². The first-order chi connectivity index (χ1) is 4.04. The van der Waals surface area contributed by atoms with Gasteiger partial charge in [-0.1, -0.05) is 0 Å². The SMILES string of the molecule is CC1(C)CCC(O)=[N+]1[O]. The summed E-state index contributed by atoms with van der Waals surface area (Å²) in [6.07, 6.45) is 1.28. The molecule has 3 heteroatoms. The van der Waals surface area contributed by atoms with Crippen molar-refractivity contribution in [2.24, 2.45) is 0 Å². The van der Waals surface area contributed by atoms with Gasteiger partial charge in [-0.2, -0.15) is 0 Å². The molecule has 0 bridgehead atoms. The molecule has 1 N–H and O–H groups in total. The van der Waals surface area contributed by atoms with Crippen LogP contribution in [0.15, 0.2) is 0 Å². The highest BCUT2D eigenvalue weighted by atomic mass is 16.5. The Bertz CT molecular complexity index is 160. The third kappa shape index (κ3) is 0.866. The first-order valence-electron chi connectivity index (χ1n) is 3.06. The van der Waals surface area contributed by atoms with Crippen molar-refractivity contribution in [3.8, 4) is 0 Å². The number of aliphatic hydroxyl groups is 1. The fraction of sp³-hybridized carbons (Fsp3) is 0.833. The van der Waals surface area contributed by atoms with Gasteiger partial charge in [0.25, 0.3) is 0 Å². The second-order valence-electron chi connectivity index (χ2n) is 3.02. The molecule has 0 atom stereocenters. The molecule has 3 nitrogen and oxygen atoms in total. The molecule has 0 aromatic rings. The molecule has 0 saturated heterocycles. The summed E-state index contributed by atoms with van der Waals surface area (Å²) in [6.45, 7) is 3.65. The zero-order chi connectivity index (χ0) is 7.07. The Morgan fingerprint density at radius 2 is 2.22 bits per heavy atom. The van der Waals surface area contributed by atoms with E-state index in [4.69, 9.17) is 5.11 Å². The quantitative estimate of drug-likeness (QED) is 0.484. The molecule has 1 rings (SSSR count). The van der Waals surface area contributed by atoms with Crippen molar-refractivity contribution in [1.29, 1.82) is 0 Å². The summed E-state index contributed by atoms with van der Waals surface area (Å²) in [5.41, 5.74) is -0.385. The summed E-state index contributed by atoms with van der Waals surface area (Å²) < 4.78 is 0.688. The minimum atomic E-state index is -0.385. The van der Waals surface area contributed by atoms with Crippen LogP contribution in [-0.2, 0) is 5.21 Å². The van der Waals surface area contributed by atoms with Crippen LogP contribution in [0.5, 0.6) is 0 Å². The number of aliphatic hydroxyl groups excluding tert-OH is 1. The lowest BCUT2D eigenvalue weighted by atomic mass is 10.0. The Morgan fingerprint density at radius 3 is 2.33 bits per heavy atom. The number of hydrogen-bond acceptors (Lipinski definition) is 0. The molecule has 0 saturated carbocycles. The van der Waals surface area contributed by atoms with Crippen LogP contribution in [0.25, 0.3) is 0 Å². The molecule has 9 heavy (non-hydrogen) atoms. The predicted octanol–water partition coefficient (Wildman–Crippen LogP) is 0.873. The second kappa shape index (κ2) is 1.62. The van der Waals surface area contributed by atoms with Gasteiger partial charge in [0.05, 0.1) is 11.2 Å². The molecule has 0 amide bonds. The Balaban J connectivity index is 2.88. The standard InChI is InChI=1S/C6H11NO2/c1-6(2)4-3-5(8)7(6)9/h8H,3-4H2,1-2H3/q+1. The molecule has 51 valence electrons. The fourth-order valence-electron chi connectivity index (χ4n) is 0.970. The number of hydrogen-bond donors (Lipinski definition) is 1. The summed E-state index contributed by atoms with van der Waals surface area (Å²) in [7, 11) is 0. The van der Waals surface area contributed by atoms with E-state index in [1.165, 1.54) is 0 Å². The third-order valence-electron chi connectivity index (χ3n) is 1.74. The molecule has 0 unspecified atom stereocenters. The van der Waals surface area contributed by atoms with Crippen LogP contribution in [-0.4, -0.2) is 21.3 Å². The highest BCUT2D eigenvalue weighted by Crippen LogP contribution is 2.21. The first-order valence-corrected chi connectivity index (χ1v) is 3.06. The van der Waals surface area contributed by atoms with Gasteiger partial charge in [0, 0.05) is 25.5 Å².